The predicted octanol–water partition coefficient (Wildman–Crippen LogP) is 5.99. The van der Waals surface area contributed by atoms with E-state index in [9.17, 15) is 5.11 Å². The zero-order chi connectivity index (χ0) is 23.9. The first-order valence-electron chi connectivity index (χ1n) is 11.8. The molecular weight excluding hydrogens is 417 g/mol. The second kappa shape index (κ2) is 8.46. The second-order valence-electron chi connectivity index (χ2n) is 9.94. The summed E-state index contributed by atoms with van der Waals surface area (Å²) in [4.78, 5) is 0. The molecule has 0 saturated carbocycles. The van der Waals surface area contributed by atoms with Crippen LogP contribution in [0, 0.1) is 0 Å². The summed E-state index contributed by atoms with van der Waals surface area (Å²) in [6.45, 7) is 7.44. The summed E-state index contributed by atoms with van der Waals surface area (Å²) in [5.41, 5.74) is 5.27. The van der Waals surface area contributed by atoms with Crippen LogP contribution in [-0.2, 0) is 4.65 Å². The Bertz CT molecular complexity index is 1460. The molecule has 0 aliphatic carbocycles. The largest absolute Gasteiger partial charge is 0.427 e. The maximum atomic E-state index is 10.5. The molecule has 0 aliphatic heterocycles. The summed E-state index contributed by atoms with van der Waals surface area (Å²) < 4.78 is 8.59. The number of rotatable bonds is 6. The van der Waals surface area contributed by atoms with Gasteiger partial charge >= 0.3 is 7.48 Å². The number of aromatic nitrogens is 1. The molecule has 1 aromatic heterocycles. The third-order valence-electron chi connectivity index (χ3n) is 7.07. The molecule has 0 saturated heterocycles. The monoisotopic (exact) mass is 447 g/mol. The lowest BCUT2D eigenvalue weighted by atomic mass is 9.81. The van der Waals surface area contributed by atoms with Crippen LogP contribution >= 0.6 is 0 Å². The zero-order valence-electron chi connectivity index (χ0n) is 20.2. The molecule has 4 heteroatoms. The summed E-state index contributed by atoms with van der Waals surface area (Å²) in [5, 5.41) is 13.0. The van der Waals surface area contributed by atoms with Gasteiger partial charge in [-0.1, -0.05) is 72.8 Å². The molecule has 34 heavy (non-hydrogen) atoms. The van der Waals surface area contributed by atoms with Crippen LogP contribution in [0.4, 0.5) is 0 Å². The fourth-order valence-electron chi connectivity index (χ4n) is 4.33. The number of fused-ring (bicyclic) bond motifs is 3. The second-order valence-corrected chi connectivity index (χ2v) is 9.94. The van der Waals surface area contributed by atoms with Crippen molar-refractivity contribution in [1.29, 1.82) is 0 Å². The molecule has 170 valence electrons. The topological polar surface area (TPSA) is 34.4 Å². The van der Waals surface area contributed by atoms with E-state index in [1.807, 2.05) is 26.0 Å². The number of hydrogen-bond acceptors (Lipinski definition) is 2. The zero-order valence-corrected chi connectivity index (χ0v) is 20.2. The summed E-state index contributed by atoms with van der Waals surface area (Å²) in [7, 11) is 0.406. The number of para-hydroxylation sites is 2. The molecule has 0 bridgehead atoms. The Labute approximate surface area is 201 Å². The normalized spacial score (nSPS) is 12.4. The van der Waals surface area contributed by atoms with Gasteiger partial charge in [-0.3, -0.25) is 0 Å². The van der Waals surface area contributed by atoms with Crippen molar-refractivity contribution in [2.45, 2.75) is 38.9 Å². The Morgan fingerprint density at radius 3 is 2.09 bits per heavy atom. The first-order valence-corrected chi connectivity index (χ1v) is 11.8. The van der Waals surface area contributed by atoms with E-state index < -0.39 is 11.2 Å². The minimum absolute atomic E-state index is 0.406. The van der Waals surface area contributed by atoms with Crippen LogP contribution in [0.15, 0.2) is 97.1 Å². The van der Waals surface area contributed by atoms with Gasteiger partial charge in [0, 0.05) is 16.5 Å². The number of aliphatic hydroxyl groups is 1. The van der Waals surface area contributed by atoms with Crippen LogP contribution in [0.1, 0.15) is 27.7 Å². The summed E-state index contributed by atoms with van der Waals surface area (Å²) in [6.07, 6.45) is 0. The highest BCUT2D eigenvalue weighted by Gasteiger charge is 2.35. The molecule has 5 rings (SSSR count). The Morgan fingerprint density at radius 2 is 1.32 bits per heavy atom. The first-order chi connectivity index (χ1) is 16.3. The summed E-state index contributed by atoms with van der Waals surface area (Å²) in [5.74, 6) is 0. The van der Waals surface area contributed by atoms with Gasteiger partial charge in [-0.2, -0.15) is 0 Å². The van der Waals surface area contributed by atoms with Gasteiger partial charge < -0.3 is 14.3 Å². The van der Waals surface area contributed by atoms with Crippen molar-refractivity contribution in [3.8, 4) is 16.8 Å². The molecule has 0 amide bonds. The fourth-order valence-corrected chi connectivity index (χ4v) is 4.33. The Hall–Kier alpha value is -3.34. The molecule has 0 aliphatic rings. The van der Waals surface area contributed by atoms with Crippen LogP contribution in [0.25, 0.3) is 38.6 Å². The standard InChI is InChI=1S/C30H30BNO2/c1-29(2,33)30(3,4)34-31-25-15-9-11-17-28(25)32-26-16-10-8-14-23(26)24-20-22(18-19-27(24)32)21-12-6-5-7-13-21/h5-20,31,33H,1-4H3. The van der Waals surface area contributed by atoms with E-state index in [1.165, 1.54) is 21.9 Å². The molecule has 3 nitrogen and oxygen atoms in total. The predicted molar refractivity (Wildman–Crippen MR) is 144 cm³/mol. The molecule has 0 fully saturated rings. The van der Waals surface area contributed by atoms with Crippen LogP contribution in [-0.4, -0.2) is 28.4 Å². The van der Waals surface area contributed by atoms with Crippen molar-refractivity contribution in [2.24, 2.45) is 0 Å². The van der Waals surface area contributed by atoms with Gasteiger partial charge in [-0.05, 0) is 68.6 Å². The molecule has 0 atom stereocenters. The lowest BCUT2D eigenvalue weighted by molar-refractivity contribution is -0.0893. The van der Waals surface area contributed by atoms with Crippen LogP contribution < -0.4 is 5.46 Å². The van der Waals surface area contributed by atoms with Crippen LogP contribution in [0.2, 0.25) is 0 Å². The quantitative estimate of drug-likeness (QED) is 0.324. The van der Waals surface area contributed by atoms with Gasteiger partial charge in [-0.15, -0.1) is 0 Å². The average molecular weight is 447 g/mol. The van der Waals surface area contributed by atoms with Gasteiger partial charge in [0.2, 0.25) is 0 Å². The summed E-state index contributed by atoms with van der Waals surface area (Å²) >= 11 is 0. The third-order valence-corrected chi connectivity index (χ3v) is 7.07. The van der Waals surface area contributed by atoms with E-state index in [0.717, 1.165) is 22.2 Å². The fraction of sp³-hybridized carbons (Fsp3) is 0.200. The van der Waals surface area contributed by atoms with E-state index >= 15 is 0 Å². The lowest BCUT2D eigenvalue weighted by Crippen LogP contribution is -2.49. The Balaban J connectivity index is 1.66. The number of hydrogen-bond donors (Lipinski definition) is 1. The molecule has 1 heterocycles. The molecular formula is C30H30BNO2. The molecule has 0 unspecified atom stereocenters. The van der Waals surface area contributed by atoms with Crippen molar-refractivity contribution < 1.29 is 9.76 Å². The van der Waals surface area contributed by atoms with Crippen molar-refractivity contribution >= 4 is 34.8 Å². The van der Waals surface area contributed by atoms with Crippen LogP contribution in [0.3, 0.4) is 0 Å². The van der Waals surface area contributed by atoms with Crippen molar-refractivity contribution in [3.63, 3.8) is 0 Å². The molecule has 0 radical (unpaired) electrons. The molecule has 1 N–H and O–H groups in total. The highest BCUT2D eigenvalue weighted by molar-refractivity contribution is 6.49. The van der Waals surface area contributed by atoms with Gasteiger partial charge in [-0.25, -0.2) is 0 Å². The van der Waals surface area contributed by atoms with Gasteiger partial charge in [0.25, 0.3) is 0 Å². The van der Waals surface area contributed by atoms with E-state index in [2.05, 4.69) is 89.5 Å². The number of benzene rings is 4. The number of nitrogens with zero attached hydrogens (tertiary/aromatic N) is 1. The van der Waals surface area contributed by atoms with Crippen molar-refractivity contribution in [2.75, 3.05) is 0 Å². The minimum Gasteiger partial charge on any atom is -0.427 e. The molecule has 0 spiro atoms. The van der Waals surface area contributed by atoms with Crippen molar-refractivity contribution in [1.82, 2.24) is 4.57 Å². The van der Waals surface area contributed by atoms with E-state index in [-0.39, 0.29) is 0 Å². The summed E-state index contributed by atoms with van der Waals surface area (Å²) in [6, 6.07) is 34.1. The van der Waals surface area contributed by atoms with E-state index in [0.29, 0.717) is 7.48 Å². The van der Waals surface area contributed by atoms with E-state index in [1.54, 1.807) is 13.8 Å². The lowest BCUT2D eigenvalue weighted by Gasteiger charge is -2.37. The Kier molecular flexibility index (Phi) is 5.59. The van der Waals surface area contributed by atoms with Gasteiger partial charge in [0.15, 0.2) is 0 Å². The average Bonchev–Trinajstić information content (AvgIpc) is 3.16. The minimum atomic E-state index is -0.956. The highest BCUT2D eigenvalue weighted by atomic mass is 16.5. The van der Waals surface area contributed by atoms with Gasteiger partial charge in [0.05, 0.1) is 22.2 Å². The Morgan fingerprint density at radius 1 is 0.676 bits per heavy atom. The van der Waals surface area contributed by atoms with Crippen LogP contribution in [0.5, 0.6) is 0 Å². The molecule has 4 aromatic carbocycles. The maximum Gasteiger partial charge on any atom is 0.311 e. The van der Waals surface area contributed by atoms with E-state index in [4.69, 9.17) is 4.65 Å². The SMILES string of the molecule is CC(C)(O)C(C)(C)OBc1ccccc1-n1c2ccccc2c2cc(-c3ccccc3)ccc21. The van der Waals surface area contributed by atoms with Gasteiger partial charge in [0.1, 0.15) is 0 Å². The first kappa shape index (κ1) is 22.5. The van der Waals surface area contributed by atoms with Crippen molar-refractivity contribution in [3.05, 3.63) is 97.1 Å². The third kappa shape index (κ3) is 3.94. The molecule has 5 aromatic rings. The highest BCUT2D eigenvalue weighted by Crippen LogP contribution is 2.34. The smallest absolute Gasteiger partial charge is 0.311 e. The maximum absolute atomic E-state index is 10.5.